The van der Waals surface area contributed by atoms with Crippen molar-refractivity contribution in [1.29, 1.82) is 0 Å². The maximum atomic E-state index is 5.36. The molecule has 2 aromatic heterocycles. The van der Waals surface area contributed by atoms with Crippen molar-refractivity contribution in [1.82, 2.24) is 19.8 Å². The number of anilines is 1. The summed E-state index contributed by atoms with van der Waals surface area (Å²) in [5.74, 6) is 2.35. The maximum Gasteiger partial charge on any atom is 0.178 e. The fraction of sp³-hybridized carbons (Fsp3) is 0.214. The SMILES string of the molecule is COc1ccc(Br)cc1CNc1ccc2nnc(C)n2n1. The number of rotatable bonds is 4. The third-order valence-electron chi connectivity index (χ3n) is 3.12. The Morgan fingerprint density at radius 2 is 2.10 bits per heavy atom. The molecular weight excluding hydrogens is 334 g/mol. The summed E-state index contributed by atoms with van der Waals surface area (Å²) in [6, 6.07) is 9.67. The van der Waals surface area contributed by atoms with Crippen LogP contribution in [0.1, 0.15) is 11.4 Å². The van der Waals surface area contributed by atoms with Crippen LogP contribution in [0.5, 0.6) is 5.75 Å². The predicted octanol–water partition coefficient (Wildman–Crippen LogP) is 2.82. The molecule has 0 radical (unpaired) electrons. The highest BCUT2D eigenvalue weighted by Gasteiger charge is 2.06. The van der Waals surface area contributed by atoms with Gasteiger partial charge in [0.25, 0.3) is 0 Å². The lowest BCUT2D eigenvalue weighted by Gasteiger charge is -2.10. The molecule has 108 valence electrons. The van der Waals surface area contributed by atoms with Crippen molar-refractivity contribution in [3.05, 3.63) is 46.2 Å². The molecule has 3 aromatic rings. The molecule has 0 bridgehead atoms. The minimum absolute atomic E-state index is 0.613. The van der Waals surface area contributed by atoms with Crippen molar-refractivity contribution in [2.45, 2.75) is 13.5 Å². The van der Waals surface area contributed by atoms with E-state index in [9.17, 15) is 0 Å². The van der Waals surface area contributed by atoms with E-state index in [1.54, 1.807) is 11.6 Å². The summed E-state index contributed by atoms with van der Waals surface area (Å²) in [7, 11) is 1.66. The highest BCUT2D eigenvalue weighted by Crippen LogP contribution is 2.23. The highest BCUT2D eigenvalue weighted by atomic mass is 79.9. The van der Waals surface area contributed by atoms with Crippen molar-refractivity contribution in [3.8, 4) is 5.75 Å². The standard InChI is InChI=1S/C14H14BrN5O/c1-9-17-18-14-6-5-13(19-20(9)14)16-8-10-7-11(15)3-4-12(10)21-2/h3-7H,8H2,1-2H3,(H,16,19). The molecule has 2 heterocycles. The van der Waals surface area contributed by atoms with Crippen LogP contribution in [0.4, 0.5) is 5.82 Å². The minimum Gasteiger partial charge on any atom is -0.496 e. The zero-order valence-corrected chi connectivity index (χ0v) is 13.3. The number of hydrogen-bond acceptors (Lipinski definition) is 5. The molecule has 6 nitrogen and oxygen atoms in total. The summed E-state index contributed by atoms with van der Waals surface area (Å²) in [4.78, 5) is 0. The first kappa shape index (κ1) is 13.8. The highest BCUT2D eigenvalue weighted by molar-refractivity contribution is 9.10. The molecule has 0 unspecified atom stereocenters. The number of nitrogens with zero attached hydrogens (tertiary/aromatic N) is 4. The van der Waals surface area contributed by atoms with Gasteiger partial charge in [-0.05, 0) is 37.3 Å². The average Bonchev–Trinajstić information content (AvgIpc) is 2.86. The van der Waals surface area contributed by atoms with Crippen LogP contribution in [0.15, 0.2) is 34.8 Å². The van der Waals surface area contributed by atoms with Gasteiger partial charge in [-0.15, -0.1) is 15.3 Å². The fourth-order valence-electron chi connectivity index (χ4n) is 2.06. The Balaban J connectivity index is 1.83. The van der Waals surface area contributed by atoms with Gasteiger partial charge in [-0.2, -0.15) is 4.52 Å². The summed E-state index contributed by atoms with van der Waals surface area (Å²) in [5.41, 5.74) is 1.78. The number of fused-ring (bicyclic) bond motifs is 1. The largest absolute Gasteiger partial charge is 0.496 e. The van der Waals surface area contributed by atoms with Crippen LogP contribution in [-0.4, -0.2) is 26.9 Å². The number of ether oxygens (including phenoxy) is 1. The predicted molar refractivity (Wildman–Crippen MR) is 83.5 cm³/mol. The Hall–Kier alpha value is -2.15. The van der Waals surface area contributed by atoms with E-state index in [-0.39, 0.29) is 0 Å². The van der Waals surface area contributed by atoms with Gasteiger partial charge in [0.1, 0.15) is 11.6 Å². The van der Waals surface area contributed by atoms with Crippen molar-refractivity contribution in [2.75, 3.05) is 12.4 Å². The summed E-state index contributed by atoms with van der Waals surface area (Å²) in [6.07, 6.45) is 0. The van der Waals surface area contributed by atoms with Crippen molar-refractivity contribution in [2.24, 2.45) is 0 Å². The van der Waals surface area contributed by atoms with Gasteiger partial charge in [-0.1, -0.05) is 15.9 Å². The number of nitrogens with one attached hydrogen (secondary N) is 1. The Morgan fingerprint density at radius 1 is 1.24 bits per heavy atom. The van der Waals surface area contributed by atoms with Gasteiger partial charge in [-0.25, -0.2) is 0 Å². The van der Waals surface area contributed by atoms with E-state index in [4.69, 9.17) is 4.74 Å². The van der Waals surface area contributed by atoms with E-state index >= 15 is 0 Å². The second-order valence-electron chi connectivity index (χ2n) is 4.55. The van der Waals surface area contributed by atoms with Crippen LogP contribution in [0.25, 0.3) is 5.65 Å². The average molecular weight is 348 g/mol. The van der Waals surface area contributed by atoms with E-state index < -0.39 is 0 Å². The lowest BCUT2D eigenvalue weighted by atomic mass is 10.2. The number of methoxy groups -OCH3 is 1. The van der Waals surface area contributed by atoms with E-state index in [0.717, 1.165) is 33.1 Å². The number of halogens is 1. The Morgan fingerprint density at radius 3 is 2.90 bits per heavy atom. The zero-order valence-electron chi connectivity index (χ0n) is 11.7. The van der Waals surface area contributed by atoms with Crippen LogP contribution in [0.3, 0.4) is 0 Å². The molecular formula is C14H14BrN5O. The molecule has 1 aromatic carbocycles. The van der Waals surface area contributed by atoms with Gasteiger partial charge in [0.05, 0.1) is 7.11 Å². The minimum atomic E-state index is 0.613. The van der Waals surface area contributed by atoms with Crippen LogP contribution in [0, 0.1) is 6.92 Å². The molecule has 0 spiro atoms. The first-order chi connectivity index (χ1) is 10.2. The van der Waals surface area contributed by atoms with Crippen LogP contribution in [-0.2, 0) is 6.54 Å². The third-order valence-corrected chi connectivity index (χ3v) is 3.61. The van der Waals surface area contributed by atoms with Crippen molar-refractivity contribution in [3.63, 3.8) is 0 Å². The molecule has 0 aliphatic rings. The van der Waals surface area contributed by atoms with Crippen LogP contribution >= 0.6 is 15.9 Å². The zero-order chi connectivity index (χ0) is 14.8. The molecule has 21 heavy (non-hydrogen) atoms. The van der Waals surface area contributed by atoms with Gasteiger partial charge in [0.15, 0.2) is 11.5 Å². The Kier molecular flexibility index (Phi) is 3.74. The third kappa shape index (κ3) is 2.82. The molecule has 0 aliphatic carbocycles. The second kappa shape index (κ2) is 5.69. The molecule has 3 rings (SSSR count). The van der Waals surface area contributed by atoms with E-state index in [1.165, 1.54) is 0 Å². The van der Waals surface area contributed by atoms with E-state index in [2.05, 4.69) is 36.5 Å². The molecule has 1 N–H and O–H groups in total. The lowest BCUT2D eigenvalue weighted by molar-refractivity contribution is 0.410. The second-order valence-corrected chi connectivity index (χ2v) is 5.46. The topological polar surface area (TPSA) is 64.3 Å². The molecule has 0 amide bonds. The van der Waals surface area contributed by atoms with Crippen molar-refractivity contribution < 1.29 is 4.74 Å². The van der Waals surface area contributed by atoms with Crippen molar-refractivity contribution >= 4 is 27.4 Å². The smallest absolute Gasteiger partial charge is 0.178 e. The van der Waals surface area contributed by atoms with Gasteiger partial charge >= 0.3 is 0 Å². The first-order valence-corrected chi connectivity index (χ1v) is 7.22. The van der Waals surface area contributed by atoms with E-state index in [1.807, 2.05) is 37.3 Å². The maximum absolute atomic E-state index is 5.36. The fourth-order valence-corrected chi connectivity index (χ4v) is 2.47. The Bertz CT molecular complexity index is 786. The lowest BCUT2D eigenvalue weighted by Crippen LogP contribution is -2.06. The summed E-state index contributed by atoms with van der Waals surface area (Å²) < 4.78 is 8.08. The van der Waals surface area contributed by atoms with E-state index in [0.29, 0.717) is 6.54 Å². The molecule has 0 aliphatic heterocycles. The Labute approximate surface area is 130 Å². The molecule has 0 saturated heterocycles. The number of aromatic nitrogens is 4. The number of hydrogen-bond donors (Lipinski definition) is 1. The number of benzene rings is 1. The molecule has 0 saturated carbocycles. The van der Waals surface area contributed by atoms with Gasteiger partial charge in [0.2, 0.25) is 0 Å². The van der Waals surface area contributed by atoms with Gasteiger partial charge in [-0.3, -0.25) is 0 Å². The molecule has 0 fully saturated rings. The monoisotopic (exact) mass is 347 g/mol. The molecule has 7 heteroatoms. The first-order valence-electron chi connectivity index (χ1n) is 6.43. The van der Waals surface area contributed by atoms with Gasteiger partial charge < -0.3 is 10.1 Å². The summed E-state index contributed by atoms with van der Waals surface area (Å²) >= 11 is 3.47. The molecule has 0 atom stereocenters. The summed E-state index contributed by atoms with van der Waals surface area (Å²) in [6.45, 7) is 2.48. The number of aryl methyl sites for hydroxylation is 1. The van der Waals surface area contributed by atoms with Gasteiger partial charge in [0, 0.05) is 16.6 Å². The van der Waals surface area contributed by atoms with Crippen LogP contribution < -0.4 is 10.1 Å². The summed E-state index contributed by atoms with van der Waals surface area (Å²) in [5, 5.41) is 15.7. The van der Waals surface area contributed by atoms with Crippen LogP contribution in [0.2, 0.25) is 0 Å². The quantitative estimate of drug-likeness (QED) is 0.786. The normalized spacial score (nSPS) is 10.8.